The zero-order chi connectivity index (χ0) is 10.7. The van der Waals surface area contributed by atoms with Crippen LogP contribution in [0.15, 0.2) is 0 Å². The smallest absolute Gasteiger partial charge is 0.110 e. The second kappa shape index (κ2) is 4.39. The van der Waals surface area contributed by atoms with Gasteiger partial charge < -0.3 is 0 Å². The number of hydrogen-bond acceptors (Lipinski definition) is 0. The number of hydrogen-bond donors (Lipinski definition) is 0. The summed E-state index contributed by atoms with van der Waals surface area (Å²) in [4.78, 5) is 0. The first-order valence-corrected chi connectivity index (χ1v) is 5.09. The molecule has 0 N–H and O–H groups in total. The molecular formula is C11H22F2. The molecule has 0 saturated carbocycles. The van der Waals surface area contributed by atoms with Crippen LogP contribution in [0.5, 0.6) is 0 Å². The average Bonchev–Trinajstić information content (AvgIpc) is 2.01. The molecule has 0 amide bonds. The lowest BCUT2D eigenvalue weighted by Gasteiger charge is -2.28. The molecule has 0 aliphatic rings. The Morgan fingerprint density at radius 3 is 1.85 bits per heavy atom. The Bertz CT molecular complexity index is 148. The van der Waals surface area contributed by atoms with E-state index in [1.807, 2.05) is 13.8 Å². The zero-order valence-electron chi connectivity index (χ0n) is 9.45. The van der Waals surface area contributed by atoms with Crippen molar-refractivity contribution in [3.05, 3.63) is 0 Å². The van der Waals surface area contributed by atoms with Gasteiger partial charge in [-0.25, -0.2) is 8.78 Å². The first-order valence-electron chi connectivity index (χ1n) is 5.09. The molecule has 0 aliphatic carbocycles. The highest BCUT2D eigenvalue weighted by molar-refractivity contribution is 4.82. The van der Waals surface area contributed by atoms with Gasteiger partial charge in [0.15, 0.2) is 0 Å². The fourth-order valence-electron chi connectivity index (χ4n) is 0.971. The predicted octanol–water partition coefficient (Wildman–Crippen LogP) is 4.29. The minimum atomic E-state index is -1.23. The van der Waals surface area contributed by atoms with Gasteiger partial charge in [-0.3, -0.25) is 0 Å². The Kier molecular flexibility index (Phi) is 4.34. The topological polar surface area (TPSA) is 0 Å². The molecule has 0 aromatic rings. The summed E-state index contributed by atoms with van der Waals surface area (Å²) in [5, 5.41) is 0. The van der Waals surface area contributed by atoms with Gasteiger partial charge in [0, 0.05) is 0 Å². The van der Waals surface area contributed by atoms with Crippen LogP contribution in [0.25, 0.3) is 0 Å². The summed E-state index contributed by atoms with van der Waals surface area (Å²) in [6.45, 7) is 8.57. The van der Waals surface area contributed by atoms with Gasteiger partial charge in [-0.15, -0.1) is 0 Å². The Balaban J connectivity index is 4.02. The number of halogens is 2. The van der Waals surface area contributed by atoms with Gasteiger partial charge in [0.25, 0.3) is 0 Å². The van der Waals surface area contributed by atoms with Gasteiger partial charge in [0.2, 0.25) is 0 Å². The number of rotatable bonds is 5. The van der Waals surface area contributed by atoms with E-state index in [9.17, 15) is 8.78 Å². The molecule has 13 heavy (non-hydrogen) atoms. The molecule has 2 heteroatoms. The van der Waals surface area contributed by atoms with E-state index in [4.69, 9.17) is 0 Å². The predicted molar refractivity (Wildman–Crippen MR) is 53.4 cm³/mol. The van der Waals surface area contributed by atoms with Gasteiger partial charge in [-0.05, 0) is 39.0 Å². The van der Waals surface area contributed by atoms with Crippen LogP contribution >= 0.6 is 0 Å². The van der Waals surface area contributed by atoms with Crippen molar-refractivity contribution >= 4 is 0 Å². The highest BCUT2D eigenvalue weighted by Gasteiger charge is 2.31. The van der Waals surface area contributed by atoms with Crippen molar-refractivity contribution in [1.82, 2.24) is 0 Å². The standard InChI is InChI=1S/C11H22F2/c1-6-10(4,12)7-8-11(5,13)9(2)3/h9H,6-8H2,1-5H3. The minimum Gasteiger partial charge on any atom is -0.244 e. The highest BCUT2D eigenvalue weighted by Crippen LogP contribution is 2.32. The quantitative estimate of drug-likeness (QED) is 0.609. The van der Waals surface area contributed by atoms with Crippen LogP contribution in [0.4, 0.5) is 8.78 Å². The lowest BCUT2D eigenvalue weighted by atomic mass is 9.85. The Hall–Kier alpha value is -0.140. The van der Waals surface area contributed by atoms with Crippen molar-refractivity contribution in [3.8, 4) is 0 Å². The lowest BCUT2D eigenvalue weighted by Crippen LogP contribution is -2.29. The second-order valence-corrected chi connectivity index (χ2v) is 4.70. The van der Waals surface area contributed by atoms with E-state index in [-0.39, 0.29) is 5.92 Å². The summed E-state index contributed by atoms with van der Waals surface area (Å²) in [5.74, 6) is -0.0415. The maximum atomic E-state index is 13.7. The van der Waals surface area contributed by atoms with E-state index in [2.05, 4.69) is 0 Å². The summed E-state index contributed by atoms with van der Waals surface area (Å²) >= 11 is 0. The average molecular weight is 192 g/mol. The van der Waals surface area contributed by atoms with Crippen LogP contribution in [0.3, 0.4) is 0 Å². The van der Waals surface area contributed by atoms with Crippen LogP contribution in [0.2, 0.25) is 0 Å². The van der Waals surface area contributed by atoms with Gasteiger partial charge in [0.05, 0.1) is 0 Å². The largest absolute Gasteiger partial charge is 0.244 e. The zero-order valence-corrected chi connectivity index (χ0v) is 9.45. The maximum absolute atomic E-state index is 13.7. The van der Waals surface area contributed by atoms with Crippen molar-refractivity contribution in [2.75, 3.05) is 0 Å². The normalized spacial score (nSPS) is 21.2. The molecule has 0 fully saturated rings. The van der Waals surface area contributed by atoms with E-state index < -0.39 is 11.3 Å². The van der Waals surface area contributed by atoms with Crippen LogP contribution < -0.4 is 0 Å². The highest BCUT2D eigenvalue weighted by atomic mass is 19.1. The molecule has 0 heterocycles. The fourth-order valence-corrected chi connectivity index (χ4v) is 0.971. The Labute approximate surface area is 80.7 Å². The maximum Gasteiger partial charge on any atom is 0.110 e. The molecule has 0 nitrogen and oxygen atoms in total. The summed E-state index contributed by atoms with van der Waals surface area (Å²) in [6.07, 6.45) is 1.08. The molecule has 0 spiro atoms. The third-order valence-corrected chi connectivity index (χ3v) is 3.08. The molecule has 0 aliphatic heterocycles. The van der Waals surface area contributed by atoms with Gasteiger partial charge >= 0.3 is 0 Å². The lowest BCUT2D eigenvalue weighted by molar-refractivity contribution is 0.0720. The van der Waals surface area contributed by atoms with E-state index in [0.29, 0.717) is 19.3 Å². The van der Waals surface area contributed by atoms with Gasteiger partial charge in [-0.1, -0.05) is 20.8 Å². The van der Waals surface area contributed by atoms with Crippen LogP contribution in [0.1, 0.15) is 53.9 Å². The molecule has 2 atom stereocenters. The molecular weight excluding hydrogens is 170 g/mol. The van der Waals surface area contributed by atoms with Crippen molar-refractivity contribution < 1.29 is 8.78 Å². The Morgan fingerprint density at radius 2 is 1.54 bits per heavy atom. The first-order chi connectivity index (χ1) is 5.71. The fraction of sp³-hybridized carbons (Fsp3) is 1.00. The molecule has 0 bridgehead atoms. The van der Waals surface area contributed by atoms with Crippen molar-refractivity contribution in [1.29, 1.82) is 0 Å². The summed E-state index contributed by atoms with van der Waals surface area (Å²) in [6, 6.07) is 0. The van der Waals surface area contributed by atoms with E-state index in [0.717, 1.165) is 0 Å². The third kappa shape index (κ3) is 4.58. The Morgan fingerprint density at radius 1 is 1.08 bits per heavy atom. The summed E-state index contributed by atoms with van der Waals surface area (Å²) in [7, 11) is 0. The van der Waals surface area contributed by atoms with E-state index in [1.54, 1.807) is 20.8 Å². The molecule has 0 aromatic heterocycles. The van der Waals surface area contributed by atoms with E-state index >= 15 is 0 Å². The van der Waals surface area contributed by atoms with Crippen molar-refractivity contribution in [2.45, 2.75) is 65.2 Å². The second-order valence-electron chi connectivity index (χ2n) is 4.70. The molecule has 2 unspecified atom stereocenters. The van der Waals surface area contributed by atoms with Crippen molar-refractivity contribution in [3.63, 3.8) is 0 Å². The van der Waals surface area contributed by atoms with Crippen LogP contribution in [-0.4, -0.2) is 11.3 Å². The SMILES string of the molecule is CCC(C)(F)CCC(C)(F)C(C)C. The van der Waals surface area contributed by atoms with Crippen molar-refractivity contribution in [2.24, 2.45) is 5.92 Å². The van der Waals surface area contributed by atoms with Crippen LogP contribution in [-0.2, 0) is 0 Å². The molecule has 0 rings (SSSR count). The molecule has 0 aromatic carbocycles. The third-order valence-electron chi connectivity index (χ3n) is 3.08. The van der Waals surface area contributed by atoms with Crippen LogP contribution in [0, 0.1) is 5.92 Å². The molecule has 0 saturated heterocycles. The monoisotopic (exact) mass is 192 g/mol. The minimum absolute atomic E-state index is 0.0415. The van der Waals surface area contributed by atoms with Gasteiger partial charge in [0.1, 0.15) is 11.3 Å². The molecule has 0 radical (unpaired) electrons. The first kappa shape index (κ1) is 12.9. The van der Waals surface area contributed by atoms with Gasteiger partial charge in [-0.2, -0.15) is 0 Å². The number of alkyl halides is 2. The summed E-state index contributed by atoms with van der Waals surface area (Å²) in [5.41, 5.74) is -2.44. The van der Waals surface area contributed by atoms with E-state index in [1.165, 1.54) is 0 Å². The summed E-state index contributed by atoms with van der Waals surface area (Å²) < 4.78 is 27.2. The molecule has 80 valence electrons.